The van der Waals surface area contributed by atoms with Crippen LogP contribution in [0.5, 0.6) is 0 Å². The summed E-state index contributed by atoms with van der Waals surface area (Å²) in [5.74, 6) is 0.515. The van der Waals surface area contributed by atoms with Gasteiger partial charge in [0.25, 0.3) is 0 Å². The van der Waals surface area contributed by atoms with Gasteiger partial charge in [-0.25, -0.2) is 23.1 Å². The fourth-order valence-corrected chi connectivity index (χ4v) is 3.24. The van der Waals surface area contributed by atoms with Gasteiger partial charge in [-0.05, 0) is 24.5 Å². The summed E-state index contributed by atoms with van der Waals surface area (Å²) in [6.07, 6.45) is 3.83. The highest BCUT2D eigenvalue weighted by molar-refractivity contribution is 7.88. The third-order valence-corrected chi connectivity index (χ3v) is 4.71. The highest BCUT2D eigenvalue weighted by Crippen LogP contribution is 2.38. The fourth-order valence-electron chi connectivity index (χ4n) is 2.14. The van der Waals surface area contributed by atoms with Crippen LogP contribution >= 0.6 is 0 Å². The zero-order valence-electron chi connectivity index (χ0n) is 11.6. The minimum atomic E-state index is -3.36. The quantitative estimate of drug-likeness (QED) is 0.885. The first kappa shape index (κ1) is 14.2. The van der Waals surface area contributed by atoms with Crippen LogP contribution in [0.2, 0.25) is 0 Å². The van der Waals surface area contributed by atoms with Gasteiger partial charge >= 0.3 is 0 Å². The summed E-state index contributed by atoms with van der Waals surface area (Å²) in [6, 6.07) is 11.0. The fraction of sp³-hybridized carbons (Fsp3) is 0.333. The molecule has 1 aromatic heterocycles. The van der Waals surface area contributed by atoms with E-state index in [1.807, 2.05) is 24.3 Å². The molecule has 6 heteroatoms. The van der Waals surface area contributed by atoms with E-state index in [1.165, 1.54) is 6.33 Å². The Morgan fingerprint density at radius 1 is 1.14 bits per heavy atom. The monoisotopic (exact) mass is 303 g/mol. The number of hydrogen-bond acceptors (Lipinski definition) is 4. The SMILES string of the molecule is O=S(=O)(Cc1ccccc1)NCc1cc(C2CC2)ncn1. The second-order valence-corrected chi connectivity index (χ2v) is 7.08. The van der Waals surface area contributed by atoms with Crippen molar-refractivity contribution in [3.05, 3.63) is 59.7 Å². The van der Waals surface area contributed by atoms with E-state index in [0.717, 1.165) is 24.1 Å². The standard InChI is InChI=1S/C15H17N3O2S/c19-21(20,10-12-4-2-1-3-5-12)18-9-14-8-15(13-6-7-13)17-11-16-14/h1-5,8,11,13,18H,6-7,9-10H2. The number of aromatic nitrogens is 2. The van der Waals surface area contributed by atoms with Crippen molar-refractivity contribution in [2.75, 3.05) is 0 Å². The third kappa shape index (κ3) is 4.09. The Morgan fingerprint density at radius 3 is 2.62 bits per heavy atom. The Bertz CT molecular complexity index is 713. The average molecular weight is 303 g/mol. The van der Waals surface area contributed by atoms with E-state index in [0.29, 0.717) is 11.6 Å². The van der Waals surface area contributed by atoms with E-state index in [2.05, 4.69) is 14.7 Å². The van der Waals surface area contributed by atoms with Gasteiger partial charge < -0.3 is 0 Å². The third-order valence-electron chi connectivity index (χ3n) is 3.41. The highest BCUT2D eigenvalue weighted by Gasteiger charge is 2.25. The van der Waals surface area contributed by atoms with E-state index >= 15 is 0 Å². The molecule has 3 rings (SSSR count). The van der Waals surface area contributed by atoms with Gasteiger partial charge in [0.2, 0.25) is 10.0 Å². The van der Waals surface area contributed by atoms with Crippen LogP contribution in [0.1, 0.15) is 35.7 Å². The van der Waals surface area contributed by atoms with Crippen molar-refractivity contribution in [1.82, 2.24) is 14.7 Å². The molecule has 1 aliphatic rings. The molecule has 1 heterocycles. The first-order valence-electron chi connectivity index (χ1n) is 6.94. The predicted molar refractivity (Wildman–Crippen MR) is 79.9 cm³/mol. The lowest BCUT2D eigenvalue weighted by molar-refractivity contribution is 0.579. The molecule has 110 valence electrons. The normalized spacial score (nSPS) is 15.0. The molecule has 0 unspecified atom stereocenters. The maximum absolute atomic E-state index is 12.0. The molecule has 0 radical (unpaired) electrons. The van der Waals surface area contributed by atoms with Crippen LogP contribution in [-0.4, -0.2) is 18.4 Å². The molecule has 0 atom stereocenters. The second-order valence-electron chi connectivity index (χ2n) is 5.27. The van der Waals surface area contributed by atoms with E-state index in [9.17, 15) is 8.42 Å². The minimum absolute atomic E-state index is 0.0194. The molecule has 1 saturated carbocycles. The molecule has 2 aromatic rings. The molecule has 0 spiro atoms. The van der Waals surface area contributed by atoms with Crippen molar-refractivity contribution in [2.45, 2.75) is 31.1 Å². The topological polar surface area (TPSA) is 72.0 Å². The molecule has 1 aliphatic carbocycles. The van der Waals surface area contributed by atoms with Gasteiger partial charge in [-0.2, -0.15) is 0 Å². The lowest BCUT2D eigenvalue weighted by Crippen LogP contribution is -2.25. The molecular weight excluding hydrogens is 286 g/mol. The summed E-state index contributed by atoms with van der Waals surface area (Å²) in [7, 11) is -3.36. The maximum Gasteiger partial charge on any atom is 0.216 e. The molecule has 0 bridgehead atoms. The first-order valence-corrected chi connectivity index (χ1v) is 8.60. The zero-order valence-corrected chi connectivity index (χ0v) is 12.4. The van der Waals surface area contributed by atoms with Gasteiger partial charge in [0.15, 0.2) is 0 Å². The molecule has 1 aromatic carbocycles. The molecule has 0 saturated heterocycles. The van der Waals surface area contributed by atoms with Gasteiger partial charge in [0, 0.05) is 11.6 Å². The largest absolute Gasteiger partial charge is 0.241 e. The summed E-state index contributed by atoms with van der Waals surface area (Å²) >= 11 is 0. The smallest absolute Gasteiger partial charge is 0.216 e. The molecule has 0 amide bonds. The van der Waals surface area contributed by atoms with Crippen LogP contribution in [-0.2, 0) is 22.3 Å². The van der Waals surface area contributed by atoms with Crippen LogP contribution in [0.4, 0.5) is 0 Å². The summed E-state index contributed by atoms with van der Waals surface area (Å²) in [5.41, 5.74) is 2.50. The number of nitrogens with one attached hydrogen (secondary N) is 1. The van der Waals surface area contributed by atoms with Crippen molar-refractivity contribution >= 4 is 10.0 Å². The average Bonchev–Trinajstić information content (AvgIpc) is 3.31. The van der Waals surface area contributed by atoms with E-state index in [1.54, 1.807) is 12.1 Å². The van der Waals surface area contributed by atoms with Gasteiger partial charge in [-0.15, -0.1) is 0 Å². The highest BCUT2D eigenvalue weighted by atomic mass is 32.2. The summed E-state index contributed by atoms with van der Waals surface area (Å²) in [5, 5.41) is 0. The van der Waals surface area contributed by atoms with E-state index < -0.39 is 10.0 Å². The lowest BCUT2D eigenvalue weighted by Gasteiger charge is -2.07. The molecule has 1 N–H and O–H groups in total. The summed E-state index contributed by atoms with van der Waals surface area (Å²) < 4.78 is 26.7. The van der Waals surface area contributed by atoms with Gasteiger partial charge in [0.1, 0.15) is 6.33 Å². The van der Waals surface area contributed by atoms with Crippen LogP contribution in [0.25, 0.3) is 0 Å². The Morgan fingerprint density at radius 2 is 1.90 bits per heavy atom. The Labute approximate surface area is 124 Å². The van der Waals surface area contributed by atoms with Crippen LogP contribution in [0.15, 0.2) is 42.7 Å². The Balaban J connectivity index is 1.62. The number of benzene rings is 1. The zero-order chi connectivity index (χ0) is 14.7. The number of sulfonamides is 1. The second kappa shape index (κ2) is 5.91. The molecule has 0 aliphatic heterocycles. The number of rotatable bonds is 6. The van der Waals surface area contributed by atoms with Crippen LogP contribution in [0, 0.1) is 0 Å². The van der Waals surface area contributed by atoms with Crippen molar-refractivity contribution in [3.8, 4) is 0 Å². The van der Waals surface area contributed by atoms with Crippen LogP contribution < -0.4 is 4.72 Å². The lowest BCUT2D eigenvalue weighted by atomic mass is 10.2. The number of hydrogen-bond donors (Lipinski definition) is 1. The molecule has 5 nitrogen and oxygen atoms in total. The van der Waals surface area contributed by atoms with E-state index in [4.69, 9.17) is 0 Å². The van der Waals surface area contributed by atoms with E-state index in [-0.39, 0.29) is 12.3 Å². The maximum atomic E-state index is 12.0. The molecule has 21 heavy (non-hydrogen) atoms. The number of nitrogens with zero attached hydrogens (tertiary/aromatic N) is 2. The minimum Gasteiger partial charge on any atom is -0.241 e. The predicted octanol–water partition coefficient (Wildman–Crippen LogP) is 1.97. The summed E-state index contributed by atoms with van der Waals surface area (Å²) in [6.45, 7) is 0.206. The van der Waals surface area contributed by atoms with Crippen molar-refractivity contribution in [3.63, 3.8) is 0 Å². The van der Waals surface area contributed by atoms with Crippen molar-refractivity contribution in [2.24, 2.45) is 0 Å². The molecular formula is C15H17N3O2S. The van der Waals surface area contributed by atoms with Gasteiger partial charge in [0.05, 0.1) is 18.0 Å². The Hall–Kier alpha value is -1.79. The Kier molecular flexibility index (Phi) is 3.98. The molecule has 1 fully saturated rings. The van der Waals surface area contributed by atoms with Gasteiger partial charge in [-0.3, -0.25) is 0 Å². The van der Waals surface area contributed by atoms with Crippen LogP contribution in [0.3, 0.4) is 0 Å². The van der Waals surface area contributed by atoms with Crippen molar-refractivity contribution in [1.29, 1.82) is 0 Å². The van der Waals surface area contributed by atoms with Crippen molar-refractivity contribution < 1.29 is 8.42 Å². The first-order chi connectivity index (χ1) is 10.1. The van der Waals surface area contributed by atoms with Gasteiger partial charge in [-0.1, -0.05) is 30.3 Å². The summed E-state index contributed by atoms with van der Waals surface area (Å²) in [4.78, 5) is 8.35.